The lowest BCUT2D eigenvalue weighted by atomic mass is 10.0. The molecule has 0 N–H and O–H groups in total. The fourth-order valence-electron chi connectivity index (χ4n) is 8.32. The fraction of sp³-hybridized carbons (Fsp3) is 0.817. The second kappa shape index (κ2) is 55.0. The predicted octanol–water partition coefficient (Wildman–Crippen LogP) is 19.0. The van der Waals surface area contributed by atoms with Crippen LogP contribution in [0.3, 0.4) is 0 Å². The van der Waals surface area contributed by atoms with Crippen molar-refractivity contribution in [2.75, 3.05) is 13.2 Å². The van der Waals surface area contributed by atoms with Crippen molar-refractivity contribution in [1.82, 2.24) is 0 Å². The van der Waals surface area contributed by atoms with Crippen LogP contribution in [0.15, 0.2) is 48.6 Å². The van der Waals surface area contributed by atoms with E-state index in [1.165, 1.54) is 161 Å². The van der Waals surface area contributed by atoms with Crippen LogP contribution in [0.1, 0.15) is 297 Å². The first-order valence-corrected chi connectivity index (χ1v) is 28.6. The van der Waals surface area contributed by atoms with Crippen molar-refractivity contribution >= 4 is 17.9 Å². The summed E-state index contributed by atoms with van der Waals surface area (Å²) in [7, 11) is 0. The predicted molar refractivity (Wildman–Crippen MR) is 284 cm³/mol. The van der Waals surface area contributed by atoms with Crippen molar-refractivity contribution in [3.63, 3.8) is 0 Å². The Hall–Kier alpha value is -2.63. The summed E-state index contributed by atoms with van der Waals surface area (Å²) in [6.07, 6.45) is 66.7. The molecular weight excluding hydrogens is 817 g/mol. The van der Waals surface area contributed by atoms with E-state index in [1.54, 1.807) is 0 Å². The van der Waals surface area contributed by atoms with Crippen molar-refractivity contribution in [2.45, 2.75) is 303 Å². The lowest BCUT2D eigenvalue weighted by molar-refractivity contribution is -0.167. The summed E-state index contributed by atoms with van der Waals surface area (Å²) in [5, 5.41) is 0. The lowest BCUT2D eigenvalue weighted by Gasteiger charge is -2.18. The molecule has 0 aromatic carbocycles. The molecular formula is C60H108O6. The van der Waals surface area contributed by atoms with E-state index < -0.39 is 6.10 Å². The van der Waals surface area contributed by atoms with E-state index >= 15 is 0 Å². The van der Waals surface area contributed by atoms with Gasteiger partial charge in [0, 0.05) is 19.3 Å². The van der Waals surface area contributed by atoms with Crippen LogP contribution in [0.5, 0.6) is 0 Å². The Morgan fingerprint density at radius 2 is 0.591 bits per heavy atom. The first-order valence-electron chi connectivity index (χ1n) is 28.6. The van der Waals surface area contributed by atoms with Crippen LogP contribution in [0, 0.1) is 0 Å². The Labute approximate surface area is 409 Å². The van der Waals surface area contributed by atoms with Crippen LogP contribution < -0.4 is 0 Å². The van der Waals surface area contributed by atoms with Crippen LogP contribution in [0.25, 0.3) is 0 Å². The highest BCUT2D eigenvalue weighted by molar-refractivity contribution is 5.71. The third-order valence-corrected chi connectivity index (χ3v) is 12.6. The van der Waals surface area contributed by atoms with E-state index in [0.29, 0.717) is 19.3 Å². The molecule has 0 fully saturated rings. The molecule has 1 atom stereocenters. The Morgan fingerprint density at radius 3 is 0.924 bits per heavy atom. The number of carbonyl (C=O) groups excluding carboxylic acids is 3. The van der Waals surface area contributed by atoms with Gasteiger partial charge < -0.3 is 14.2 Å². The lowest BCUT2D eigenvalue weighted by Crippen LogP contribution is -2.30. The topological polar surface area (TPSA) is 78.9 Å². The van der Waals surface area contributed by atoms with Gasteiger partial charge in [0.25, 0.3) is 0 Å². The van der Waals surface area contributed by atoms with Crippen LogP contribution in [-0.2, 0) is 28.6 Å². The molecule has 66 heavy (non-hydrogen) atoms. The molecule has 1 unspecified atom stereocenters. The molecule has 0 rings (SSSR count). The van der Waals surface area contributed by atoms with E-state index in [2.05, 4.69) is 69.4 Å². The maximum Gasteiger partial charge on any atom is 0.306 e. The van der Waals surface area contributed by atoms with E-state index in [4.69, 9.17) is 14.2 Å². The zero-order chi connectivity index (χ0) is 47.9. The van der Waals surface area contributed by atoms with Gasteiger partial charge >= 0.3 is 17.9 Å². The van der Waals surface area contributed by atoms with E-state index in [0.717, 1.165) is 96.3 Å². The Balaban J connectivity index is 4.37. The summed E-state index contributed by atoms with van der Waals surface area (Å²) in [6.45, 7) is 6.54. The average molecular weight is 926 g/mol. The third kappa shape index (κ3) is 52.3. The van der Waals surface area contributed by atoms with E-state index in [9.17, 15) is 14.4 Å². The summed E-state index contributed by atoms with van der Waals surface area (Å²) in [5.74, 6) is -0.886. The Kier molecular flexibility index (Phi) is 52.8. The first kappa shape index (κ1) is 63.4. The van der Waals surface area contributed by atoms with Crippen LogP contribution in [0.4, 0.5) is 0 Å². The van der Waals surface area contributed by atoms with E-state index in [-0.39, 0.29) is 31.1 Å². The zero-order valence-electron chi connectivity index (χ0n) is 44.0. The molecule has 0 heterocycles. The van der Waals surface area contributed by atoms with Crippen molar-refractivity contribution in [3.8, 4) is 0 Å². The summed E-state index contributed by atoms with van der Waals surface area (Å²) in [5.41, 5.74) is 0. The number of allylic oxidation sites excluding steroid dienone is 8. The van der Waals surface area contributed by atoms with Crippen LogP contribution in [-0.4, -0.2) is 37.2 Å². The zero-order valence-corrected chi connectivity index (χ0v) is 44.0. The van der Waals surface area contributed by atoms with Crippen molar-refractivity contribution in [1.29, 1.82) is 0 Å². The maximum atomic E-state index is 12.8. The standard InChI is InChI=1S/C60H108O6/c1-4-7-10-13-16-19-22-25-27-29-31-32-35-38-41-44-47-50-53-59(62)65-56-57(55-64-58(61)52-49-46-43-40-37-34-24-21-18-15-12-9-6-3)66-60(63)54-51-48-45-42-39-36-33-30-28-26-23-20-17-14-11-8-5-2/h8,11,17,20,26,28,33,36,57H,4-7,9-10,12-16,18-19,21-25,27,29-32,34-35,37-56H2,1-3H3/b11-8-,20-17-,28-26-,36-33-. The Morgan fingerprint density at radius 1 is 0.318 bits per heavy atom. The van der Waals surface area contributed by atoms with Crippen LogP contribution in [0.2, 0.25) is 0 Å². The van der Waals surface area contributed by atoms with Gasteiger partial charge in [-0.15, -0.1) is 0 Å². The molecule has 0 aromatic rings. The van der Waals surface area contributed by atoms with Crippen molar-refractivity contribution in [2.24, 2.45) is 0 Å². The molecule has 0 saturated heterocycles. The second-order valence-corrected chi connectivity index (χ2v) is 19.2. The van der Waals surface area contributed by atoms with Gasteiger partial charge in [-0.3, -0.25) is 14.4 Å². The highest BCUT2D eigenvalue weighted by Gasteiger charge is 2.19. The fourth-order valence-corrected chi connectivity index (χ4v) is 8.32. The smallest absolute Gasteiger partial charge is 0.306 e. The minimum absolute atomic E-state index is 0.0789. The van der Waals surface area contributed by atoms with E-state index in [1.807, 2.05) is 0 Å². The summed E-state index contributed by atoms with van der Waals surface area (Å²) < 4.78 is 16.9. The molecule has 0 aliphatic heterocycles. The molecule has 0 amide bonds. The van der Waals surface area contributed by atoms with Crippen molar-refractivity contribution < 1.29 is 28.6 Å². The molecule has 0 aromatic heterocycles. The molecule has 0 aliphatic rings. The number of ether oxygens (including phenoxy) is 3. The minimum atomic E-state index is -0.782. The van der Waals surface area contributed by atoms with Gasteiger partial charge in [0.1, 0.15) is 13.2 Å². The number of unbranched alkanes of at least 4 members (excludes halogenated alkanes) is 33. The SMILES string of the molecule is CC/C=C\C/C=C\C/C=C\C/C=C\CCCCCCC(=O)OC(COC(=O)CCCCCCCCCCCCCCC)COC(=O)CCCCCCCCCCCCCCCCCCCC. The van der Waals surface area contributed by atoms with Gasteiger partial charge in [-0.05, 0) is 57.8 Å². The van der Waals surface area contributed by atoms with Crippen LogP contribution >= 0.6 is 0 Å². The quantitative estimate of drug-likeness (QED) is 0.0262. The monoisotopic (exact) mass is 925 g/mol. The van der Waals surface area contributed by atoms with Gasteiger partial charge in [-0.1, -0.05) is 268 Å². The second-order valence-electron chi connectivity index (χ2n) is 19.2. The highest BCUT2D eigenvalue weighted by Crippen LogP contribution is 2.17. The van der Waals surface area contributed by atoms with Gasteiger partial charge in [0.2, 0.25) is 0 Å². The Bertz CT molecular complexity index is 1150. The first-order chi connectivity index (χ1) is 32.5. The molecule has 6 heteroatoms. The normalized spacial score (nSPS) is 12.3. The third-order valence-electron chi connectivity index (χ3n) is 12.6. The minimum Gasteiger partial charge on any atom is -0.462 e. The van der Waals surface area contributed by atoms with Gasteiger partial charge in [-0.2, -0.15) is 0 Å². The summed E-state index contributed by atoms with van der Waals surface area (Å²) in [4.78, 5) is 38.1. The highest BCUT2D eigenvalue weighted by atomic mass is 16.6. The molecule has 0 saturated carbocycles. The van der Waals surface area contributed by atoms with Crippen molar-refractivity contribution in [3.05, 3.63) is 48.6 Å². The summed E-state index contributed by atoms with van der Waals surface area (Å²) >= 11 is 0. The van der Waals surface area contributed by atoms with Gasteiger partial charge in [-0.25, -0.2) is 0 Å². The van der Waals surface area contributed by atoms with Gasteiger partial charge in [0.15, 0.2) is 6.10 Å². The number of esters is 3. The van der Waals surface area contributed by atoms with Gasteiger partial charge in [0.05, 0.1) is 0 Å². The number of hydrogen-bond acceptors (Lipinski definition) is 6. The number of rotatable bonds is 52. The molecule has 384 valence electrons. The summed E-state index contributed by atoms with van der Waals surface area (Å²) in [6, 6.07) is 0. The largest absolute Gasteiger partial charge is 0.462 e. The molecule has 6 nitrogen and oxygen atoms in total. The molecule has 0 bridgehead atoms. The number of carbonyl (C=O) groups is 3. The number of hydrogen-bond donors (Lipinski definition) is 0. The molecule has 0 aliphatic carbocycles. The maximum absolute atomic E-state index is 12.8. The average Bonchev–Trinajstić information content (AvgIpc) is 3.31. The molecule has 0 radical (unpaired) electrons. The molecule has 0 spiro atoms.